The van der Waals surface area contributed by atoms with Gasteiger partial charge in [0.05, 0.1) is 24.7 Å². The molecule has 1 N–H and O–H groups in total. The number of nitrogens with zero attached hydrogens (tertiary/aromatic N) is 1. The number of nitro groups is 1. The summed E-state index contributed by atoms with van der Waals surface area (Å²) in [4.78, 5) is 34.8. The maximum Gasteiger partial charge on any atom is 0.387 e. The first-order valence-corrected chi connectivity index (χ1v) is 8.76. The Kier molecular flexibility index (Phi) is 8.06. The number of benzene rings is 2. The summed E-state index contributed by atoms with van der Waals surface area (Å²) >= 11 is 0. The van der Waals surface area contributed by atoms with Gasteiger partial charge in [-0.1, -0.05) is 0 Å². The molecule has 0 saturated carbocycles. The van der Waals surface area contributed by atoms with Crippen LogP contribution in [0.2, 0.25) is 0 Å². The van der Waals surface area contributed by atoms with Crippen LogP contribution in [0.25, 0.3) is 0 Å². The van der Waals surface area contributed by atoms with Gasteiger partial charge in [0.15, 0.2) is 18.1 Å². The molecule has 0 aliphatic carbocycles. The Labute approximate surface area is 174 Å². The first kappa shape index (κ1) is 23.3. The molecule has 2 rings (SSSR count). The fourth-order valence-corrected chi connectivity index (χ4v) is 2.42. The van der Waals surface area contributed by atoms with Crippen LogP contribution in [0.1, 0.15) is 17.3 Å². The van der Waals surface area contributed by atoms with E-state index >= 15 is 0 Å². The fraction of sp³-hybridized carbons (Fsp3) is 0.263. The van der Waals surface area contributed by atoms with Gasteiger partial charge in [-0.15, -0.1) is 0 Å². The van der Waals surface area contributed by atoms with Crippen molar-refractivity contribution < 1.29 is 42.2 Å². The predicted molar refractivity (Wildman–Crippen MR) is 103 cm³/mol. The molecule has 166 valence electrons. The summed E-state index contributed by atoms with van der Waals surface area (Å²) in [5, 5.41) is 13.7. The van der Waals surface area contributed by atoms with E-state index in [1.54, 1.807) is 6.92 Å². The van der Waals surface area contributed by atoms with Crippen LogP contribution < -0.4 is 19.5 Å². The molecule has 2 aromatic rings. The number of methoxy groups -OCH3 is 1. The van der Waals surface area contributed by atoms with Gasteiger partial charge in [0.1, 0.15) is 11.3 Å². The second kappa shape index (κ2) is 10.7. The van der Waals surface area contributed by atoms with Gasteiger partial charge in [-0.05, 0) is 31.2 Å². The van der Waals surface area contributed by atoms with E-state index in [0.29, 0.717) is 0 Å². The van der Waals surface area contributed by atoms with Gasteiger partial charge in [0.25, 0.3) is 11.6 Å². The van der Waals surface area contributed by atoms with E-state index in [0.717, 1.165) is 12.1 Å². The molecule has 0 spiro atoms. The number of alkyl halides is 2. The first-order chi connectivity index (χ1) is 14.7. The van der Waals surface area contributed by atoms with Crippen LogP contribution in [0.4, 0.5) is 20.2 Å². The second-order valence-corrected chi connectivity index (χ2v) is 5.74. The number of amides is 1. The van der Waals surface area contributed by atoms with Crippen molar-refractivity contribution in [1.82, 2.24) is 0 Å². The Morgan fingerprint density at radius 2 is 1.84 bits per heavy atom. The van der Waals surface area contributed by atoms with Crippen molar-refractivity contribution in [3.05, 3.63) is 52.1 Å². The summed E-state index contributed by atoms with van der Waals surface area (Å²) < 4.78 is 43.6. The normalized spacial score (nSPS) is 10.4. The minimum Gasteiger partial charge on any atom is -0.493 e. The predicted octanol–water partition coefficient (Wildman–Crippen LogP) is 3.40. The number of rotatable bonds is 10. The number of hydrogen-bond acceptors (Lipinski definition) is 8. The standard InChI is InChI=1S/C19H18F2N2O8/c1-3-29-16-8-13(14(23(26)27)9-15(16)28-2)18(25)30-10-17(24)22-11-4-6-12(7-5-11)31-19(20)21/h4-9,19H,3,10H2,1-2H3,(H,22,24). The maximum absolute atomic E-state index is 12.3. The zero-order valence-corrected chi connectivity index (χ0v) is 16.4. The second-order valence-electron chi connectivity index (χ2n) is 5.74. The summed E-state index contributed by atoms with van der Waals surface area (Å²) in [7, 11) is 1.29. The molecule has 31 heavy (non-hydrogen) atoms. The largest absolute Gasteiger partial charge is 0.493 e. The van der Waals surface area contributed by atoms with Gasteiger partial charge in [-0.25, -0.2) is 4.79 Å². The number of esters is 1. The molecule has 12 heteroatoms. The molecule has 0 fully saturated rings. The Hall–Kier alpha value is -3.96. The first-order valence-electron chi connectivity index (χ1n) is 8.76. The average Bonchev–Trinajstić information content (AvgIpc) is 2.72. The third-order valence-corrected chi connectivity index (χ3v) is 3.70. The number of anilines is 1. The topological polar surface area (TPSA) is 126 Å². The van der Waals surface area contributed by atoms with Gasteiger partial charge in [0, 0.05) is 11.8 Å². The summed E-state index contributed by atoms with van der Waals surface area (Å²) in [5.74, 6) is -1.82. The minimum absolute atomic E-state index is 0.0575. The van der Waals surface area contributed by atoms with Crippen molar-refractivity contribution in [3.8, 4) is 17.2 Å². The lowest BCUT2D eigenvalue weighted by atomic mass is 10.1. The molecule has 0 atom stereocenters. The number of nitrogens with one attached hydrogen (secondary N) is 1. The van der Waals surface area contributed by atoms with Crippen molar-refractivity contribution in [1.29, 1.82) is 0 Å². The van der Waals surface area contributed by atoms with Crippen molar-refractivity contribution in [3.63, 3.8) is 0 Å². The van der Waals surface area contributed by atoms with Crippen molar-refractivity contribution in [2.24, 2.45) is 0 Å². The maximum atomic E-state index is 12.3. The zero-order chi connectivity index (χ0) is 23.0. The molecule has 2 aromatic carbocycles. The van der Waals surface area contributed by atoms with Gasteiger partial charge < -0.3 is 24.3 Å². The van der Waals surface area contributed by atoms with E-state index in [2.05, 4.69) is 10.1 Å². The lowest BCUT2D eigenvalue weighted by Gasteiger charge is -2.12. The van der Waals surface area contributed by atoms with Crippen LogP contribution in [0.5, 0.6) is 17.2 Å². The number of hydrogen-bond donors (Lipinski definition) is 1. The summed E-state index contributed by atoms with van der Waals surface area (Å²) in [5.41, 5.74) is -0.771. The monoisotopic (exact) mass is 440 g/mol. The summed E-state index contributed by atoms with van der Waals surface area (Å²) in [6, 6.07) is 7.15. The quantitative estimate of drug-likeness (QED) is 0.338. The lowest BCUT2D eigenvalue weighted by molar-refractivity contribution is -0.385. The highest BCUT2D eigenvalue weighted by Gasteiger charge is 2.26. The Morgan fingerprint density at radius 3 is 2.39 bits per heavy atom. The molecule has 0 radical (unpaired) electrons. The van der Waals surface area contributed by atoms with Crippen LogP contribution in [0, 0.1) is 10.1 Å². The van der Waals surface area contributed by atoms with Crippen LogP contribution >= 0.6 is 0 Å². The molecular weight excluding hydrogens is 422 g/mol. The molecule has 1 amide bonds. The van der Waals surface area contributed by atoms with Gasteiger partial charge in [0.2, 0.25) is 0 Å². The van der Waals surface area contributed by atoms with Crippen molar-refractivity contribution in [2.75, 3.05) is 25.6 Å². The van der Waals surface area contributed by atoms with Gasteiger partial charge in [-0.3, -0.25) is 14.9 Å². The molecule has 10 nitrogen and oxygen atoms in total. The molecule has 0 aromatic heterocycles. The Bertz CT molecular complexity index is 951. The van der Waals surface area contributed by atoms with Gasteiger partial charge in [-0.2, -0.15) is 8.78 Å². The van der Waals surface area contributed by atoms with Crippen LogP contribution in [-0.2, 0) is 9.53 Å². The Morgan fingerprint density at radius 1 is 1.16 bits per heavy atom. The van der Waals surface area contributed by atoms with Crippen LogP contribution in [0.3, 0.4) is 0 Å². The van der Waals surface area contributed by atoms with E-state index in [1.807, 2.05) is 0 Å². The van der Waals surface area contributed by atoms with E-state index in [4.69, 9.17) is 14.2 Å². The molecule has 0 unspecified atom stereocenters. The zero-order valence-electron chi connectivity index (χ0n) is 16.4. The number of carbonyl (C=O) groups is 2. The molecular formula is C19H18F2N2O8. The van der Waals surface area contributed by atoms with Crippen molar-refractivity contribution in [2.45, 2.75) is 13.5 Å². The summed E-state index contributed by atoms with van der Waals surface area (Å²) in [6.07, 6.45) is 0. The SMILES string of the molecule is CCOc1cc(C(=O)OCC(=O)Nc2ccc(OC(F)F)cc2)c([N+](=O)[O-])cc1OC. The number of nitro benzene ring substituents is 1. The Balaban J connectivity index is 2.06. The lowest BCUT2D eigenvalue weighted by Crippen LogP contribution is -2.21. The molecule has 0 saturated heterocycles. The van der Waals surface area contributed by atoms with E-state index in [-0.39, 0.29) is 29.5 Å². The summed E-state index contributed by atoms with van der Waals surface area (Å²) in [6.45, 7) is -1.84. The molecule has 0 aliphatic rings. The van der Waals surface area contributed by atoms with Crippen LogP contribution in [0.15, 0.2) is 36.4 Å². The van der Waals surface area contributed by atoms with E-state index in [9.17, 15) is 28.5 Å². The van der Waals surface area contributed by atoms with Crippen molar-refractivity contribution >= 4 is 23.3 Å². The third kappa shape index (κ3) is 6.52. The highest BCUT2D eigenvalue weighted by Crippen LogP contribution is 2.35. The average molecular weight is 440 g/mol. The van der Waals surface area contributed by atoms with Crippen LogP contribution in [-0.4, -0.2) is 43.7 Å². The van der Waals surface area contributed by atoms with E-state index < -0.39 is 41.3 Å². The molecule has 0 bridgehead atoms. The highest BCUT2D eigenvalue weighted by molar-refractivity contribution is 5.98. The number of ether oxygens (including phenoxy) is 4. The smallest absolute Gasteiger partial charge is 0.387 e. The number of carbonyl (C=O) groups excluding carboxylic acids is 2. The molecule has 0 aliphatic heterocycles. The van der Waals surface area contributed by atoms with E-state index in [1.165, 1.54) is 31.4 Å². The number of halogens is 2. The molecule has 0 heterocycles. The third-order valence-electron chi connectivity index (χ3n) is 3.70. The highest BCUT2D eigenvalue weighted by atomic mass is 19.3. The van der Waals surface area contributed by atoms with Gasteiger partial charge >= 0.3 is 12.6 Å². The minimum atomic E-state index is -2.98. The fourth-order valence-electron chi connectivity index (χ4n) is 2.42.